The van der Waals surface area contributed by atoms with E-state index in [1.54, 1.807) is 6.20 Å². The number of anilines is 1. The van der Waals surface area contributed by atoms with E-state index in [0.717, 1.165) is 35.4 Å². The Bertz CT molecular complexity index is 430. The first-order chi connectivity index (χ1) is 8.65. The van der Waals surface area contributed by atoms with Crippen molar-refractivity contribution in [2.24, 2.45) is 5.92 Å². The van der Waals surface area contributed by atoms with Gasteiger partial charge in [-0.3, -0.25) is 4.79 Å². The van der Waals surface area contributed by atoms with Gasteiger partial charge in [0, 0.05) is 6.42 Å². The van der Waals surface area contributed by atoms with Gasteiger partial charge in [-0.1, -0.05) is 0 Å². The monoisotopic (exact) mass is 311 g/mol. The lowest BCUT2D eigenvalue weighted by atomic mass is 10.0. The van der Waals surface area contributed by atoms with Crippen molar-refractivity contribution in [3.63, 3.8) is 0 Å². The number of hydrogen-bond acceptors (Lipinski definition) is 3. The molecular formula is C13H18BrN3O. The lowest BCUT2D eigenvalue weighted by Gasteiger charge is -2.09. The van der Waals surface area contributed by atoms with Gasteiger partial charge in [0.15, 0.2) is 0 Å². The van der Waals surface area contributed by atoms with Crippen LogP contribution in [0.15, 0.2) is 16.9 Å². The van der Waals surface area contributed by atoms with Gasteiger partial charge in [-0.25, -0.2) is 4.98 Å². The molecule has 0 aliphatic carbocycles. The molecular weight excluding hydrogens is 294 g/mol. The first-order valence-corrected chi connectivity index (χ1v) is 7.07. The lowest BCUT2D eigenvalue weighted by molar-refractivity contribution is -0.116. The Morgan fingerprint density at radius 1 is 1.67 bits per heavy atom. The maximum Gasteiger partial charge on any atom is 0.224 e. The molecule has 2 heterocycles. The maximum absolute atomic E-state index is 11.8. The second kappa shape index (κ2) is 6.29. The quantitative estimate of drug-likeness (QED) is 0.840. The van der Waals surface area contributed by atoms with Crippen LogP contribution in [0.5, 0.6) is 0 Å². The molecule has 1 amide bonds. The average molecular weight is 312 g/mol. The number of hydrogen-bond donors (Lipinski definition) is 2. The zero-order chi connectivity index (χ0) is 13.0. The number of aryl methyl sites for hydroxylation is 1. The molecule has 0 radical (unpaired) electrons. The first kappa shape index (κ1) is 13.5. The van der Waals surface area contributed by atoms with E-state index < -0.39 is 0 Å². The maximum atomic E-state index is 11.8. The normalized spacial score (nSPS) is 18.9. The molecule has 2 rings (SSSR count). The molecule has 0 aromatic carbocycles. The summed E-state index contributed by atoms with van der Waals surface area (Å²) in [5, 5.41) is 6.20. The van der Waals surface area contributed by atoms with Gasteiger partial charge >= 0.3 is 0 Å². The molecule has 1 aromatic heterocycles. The number of aromatic nitrogens is 1. The first-order valence-electron chi connectivity index (χ1n) is 6.28. The molecule has 1 saturated heterocycles. The molecule has 1 aliphatic heterocycles. The van der Waals surface area contributed by atoms with Crippen LogP contribution in [-0.2, 0) is 4.79 Å². The highest BCUT2D eigenvalue weighted by Crippen LogP contribution is 2.18. The summed E-state index contributed by atoms with van der Waals surface area (Å²) in [6.07, 6.45) is 4.40. The number of nitrogens with one attached hydrogen (secondary N) is 2. The number of pyridine rings is 1. The van der Waals surface area contributed by atoms with Crippen LogP contribution in [0.4, 0.5) is 5.69 Å². The highest BCUT2D eigenvalue weighted by molar-refractivity contribution is 9.10. The second-order valence-corrected chi connectivity index (χ2v) is 5.53. The van der Waals surface area contributed by atoms with Crippen molar-refractivity contribution in [1.29, 1.82) is 0 Å². The van der Waals surface area contributed by atoms with Crippen molar-refractivity contribution in [2.45, 2.75) is 26.2 Å². The highest BCUT2D eigenvalue weighted by atomic mass is 79.9. The molecule has 4 nitrogen and oxygen atoms in total. The van der Waals surface area contributed by atoms with Crippen molar-refractivity contribution in [3.05, 3.63) is 22.4 Å². The van der Waals surface area contributed by atoms with Crippen LogP contribution in [-0.4, -0.2) is 24.0 Å². The van der Waals surface area contributed by atoms with E-state index in [4.69, 9.17) is 0 Å². The van der Waals surface area contributed by atoms with Crippen molar-refractivity contribution >= 4 is 27.5 Å². The van der Waals surface area contributed by atoms with Crippen molar-refractivity contribution in [2.75, 3.05) is 18.4 Å². The number of amides is 1. The van der Waals surface area contributed by atoms with Crippen LogP contribution in [0.3, 0.4) is 0 Å². The Labute approximate surface area is 116 Å². The summed E-state index contributed by atoms with van der Waals surface area (Å²) in [6, 6.07) is 1.92. The summed E-state index contributed by atoms with van der Waals surface area (Å²) in [5.41, 5.74) is 1.79. The number of rotatable bonds is 4. The Morgan fingerprint density at radius 3 is 3.17 bits per heavy atom. The molecule has 1 aliphatic rings. The van der Waals surface area contributed by atoms with Gasteiger partial charge in [0.05, 0.1) is 11.9 Å². The summed E-state index contributed by atoms with van der Waals surface area (Å²) in [5.74, 6) is 0.728. The number of carbonyl (C=O) groups is 1. The number of carbonyl (C=O) groups excluding carboxylic acids is 1. The molecule has 98 valence electrons. The van der Waals surface area contributed by atoms with E-state index in [9.17, 15) is 4.79 Å². The van der Waals surface area contributed by atoms with Crippen LogP contribution in [0, 0.1) is 12.8 Å². The standard InChI is InChI=1S/C13H18BrN3O/c1-9-6-11(8-16-13(9)14)17-12(18)3-2-10-4-5-15-7-10/h6,8,10,15H,2-5,7H2,1H3,(H,17,18). The van der Waals surface area contributed by atoms with E-state index in [1.807, 2.05) is 13.0 Å². The van der Waals surface area contributed by atoms with E-state index in [-0.39, 0.29) is 5.91 Å². The van der Waals surface area contributed by atoms with Crippen LogP contribution < -0.4 is 10.6 Å². The zero-order valence-corrected chi connectivity index (χ0v) is 12.1. The summed E-state index contributed by atoms with van der Waals surface area (Å²) >= 11 is 3.34. The van der Waals surface area contributed by atoms with Crippen molar-refractivity contribution in [1.82, 2.24) is 10.3 Å². The van der Waals surface area contributed by atoms with Crippen LogP contribution >= 0.6 is 15.9 Å². The topological polar surface area (TPSA) is 54.0 Å². The van der Waals surface area contributed by atoms with Gasteiger partial charge in [-0.05, 0) is 66.3 Å². The van der Waals surface area contributed by atoms with Gasteiger partial charge in [-0.2, -0.15) is 0 Å². The summed E-state index contributed by atoms with van der Waals surface area (Å²) in [7, 11) is 0. The summed E-state index contributed by atoms with van der Waals surface area (Å²) in [4.78, 5) is 16.0. The molecule has 18 heavy (non-hydrogen) atoms. The molecule has 1 unspecified atom stereocenters. The molecule has 0 spiro atoms. The van der Waals surface area contributed by atoms with E-state index in [1.165, 1.54) is 6.42 Å². The minimum Gasteiger partial charge on any atom is -0.325 e. The zero-order valence-electron chi connectivity index (χ0n) is 10.5. The minimum absolute atomic E-state index is 0.0745. The Hall–Kier alpha value is -0.940. The third-order valence-corrected chi connectivity index (χ3v) is 4.07. The summed E-state index contributed by atoms with van der Waals surface area (Å²) < 4.78 is 0.817. The third kappa shape index (κ3) is 3.78. The smallest absolute Gasteiger partial charge is 0.224 e. The van der Waals surface area contributed by atoms with E-state index in [0.29, 0.717) is 12.3 Å². The van der Waals surface area contributed by atoms with E-state index >= 15 is 0 Å². The Morgan fingerprint density at radius 2 is 2.50 bits per heavy atom. The molecule has 0 saturated carbocycles. The average Bonchev–Trinajstić information content (AvgIpc) is 2.84. The number of halogens is 1. The van der Waals surface area contributed by atoms with Crippen LogP contribution in [0.25, 0.3) is 0 Å². The predicted molar refractivity (Wildman–Crippen MR) is 75.5 cm³/mol. The van der Waals surface area contributed by atoms with Crippen LogP contribution in [0.2, 0.25) is 0 Å². The predicted octanol–water partition coefficient (Wildman–Crippen LogP) is 2.48. The van der Waals surface area contributed by atoms with Gasteiger partial charge in [0.25, 0.3) is 0 Å². The molecule has 2 N–H and O–H groups in total. The second-order valence-electron chi connectivity index (χ2n) is 4.78. The largest absolute Gasteiger partial charge is 0.325 e. The van der Waals surface area contributed by atoms with Gasteiger partial charge in [0.2, 0.25) is 5.91 Å². The third-order valence-electron chi connectivity index (χ3n) is 3.24. The molecule has 1 fully saturated rings. The summed E-state index contributed by atoms with van der Waals surface area (Å²) in [6.45, 7) is 4.09. The fourth-order valence-corrected chi connectivity index (χ4v) is 2.36. The van der Waals surface area contributed by atoms with Crippen molar-refractivity contribution in [3.8, 4) is 0 Å². The Kier molecular flexibility index (Phi) is 4.72. The van der Waals surface area contributed by atoms with Gasteiger partial charge in [-0.15, -0.1) is 0 Å². The van der Waals surface area contributed by atoms with Crippen molar-refractivity contribution < 1.29 is 4.79 Å². The van der Waals surface area contributed by atoms with Gasteiger partial charge in [0.1, 0.15) is 4.60 Å². The molecule has 0 bridgehead atoms. The minimum atomic E-state index is 0.0745. The van der Waals surface area contributed by atoms with Gasteiger partial charge < -0.3 is 10.6 Å². The SMILES string of the molecule is Cc1cc(NC(=O)CCC2CCNC2)cnc1Br. The Balaban J connectivity index is 1.80. The fraction of sp³-hybridized carbons (Fsp3) is 0.538. The molecule has 1 aromatic rings. The molecule has 1 atom stereocenters. The van der Waals surface area contributed by atoms with Crippen LogP contribution in [0.1, 0.15) is 24.8 Å². The highest BCUT2D eigenvalue weighted by Gasteiger charge is 2.15. The number of nitrogens with zero attached hydrogens (tertiary/aromatic N) is 1. The van der Waals surface area contributed by atoms with E-state index in [2.05, 4.69) is 31.5 Å². The fourth-order valence-electron chi connectivity index (χ4n) is 2.15. The molecule has 5 heteroatoms. The lowest BCUT2D eigenvalue weighted by Crippen LogP contribution is -2.15.